The Bertz CT molecular complexity index is 519. The van der Waals surface area contributed by atoms with Crippen LogP contribution < -0.4 is 5.32 Å². The first-order chi connectivity index (χ1) is 10.3. The van der Waals surface area contributed by atoms with Crippen molar-refractivity contribution >= 4 is 5.91 Å². The number of pyridine rings is 1. The Balaban J connectivity index is 1.44. The highest BCUT2D eigenvalue weighted by atomic mass is 16.5. The van der Waals surface area contributed by atoms with E-state index in [2.05, 4.69) is 10.3 Å². The molecular weight excluding hydrogens is 264 g/mol. The van der Waals surface area contributed by atoms with Crippen LogP contribution >= 0.6 is 0 Å². The second-order valence-corrected chi connectivity index (χ2v) is 6.76. The number of nitrogens with one attached hydrogen (secondary N) is 1. The molecule has 112 valence electrons. The number of carbonyl (C=O) groups excluding carboxylic acids is 1. The minimum absolute atomic E-state index is 0.0617. The van der Waals surface area contributed by atoms with Gasteiger partial charge in [-0.2, -0.15) is 0 Å². The van der Waals surface area contributed by atoms with Crippen LogP contribution in [0.25, 0.3) is 0 Å². The van der Waals surface area contributed by atoms with Gasteiger partial charge in [-0.15, -0.1) is 0 Å². The van der Waals surface area contributed by atoms with Gasteiger partial charge in [-0.3, -0.25) is 9.78 Å². The number of amides is 1. The highest BCUT2D eigenvalue weighted by molar-refractivity contribution is 5.80. The summed E-state index contributed by atoms with van der Waals surface area (Å²) in [7, 11) is 0. The summed E-state index contributed by atoms with van der Waals surface area (Å²) < 4.78 is 5.80. The summed E-state index contributed by atoms with van der Waals surface area (Å²) in [6.45, 7) is 0.661. The standard InChI is InChI=1S/C17H22N2O2/c20-17(19-15-9-11-3-4-12(15)8-11)14-5-7-21-16(14)13-2-1-6-18-10-13/h1-2,6,10-12,14-16H,3-5,7-9H2,(H,19,20)/t11?,12?,14-,15?,16+/m0/s1. The van der Waals surface area contributed by atoms with E-state index in [1.165, 1.54) is 25.7 Å². The van der Waals surface area contributed by atoms with Crippen LogP contribution in [0.1, 0.15) is 43.8 Å². The van der Waals surface area contributed by atoms with Crippen molar-refractivity contribution in [3.63, 3.8) is 0 Å². The van der Waals surface area contributed by atoms with Crippen molar-refractivity contribution in [2.45, 2.75) is 44.2 Å². The Morgan fingerprint density at radius 2 is 2.24 bits per heavy atom. The summed E-state index contributed by atoms with van der Waals surface area (Å²) in [5, 5.41) is 3.31. The van der Waals surface area contributed by atoms with Crippen molar-refractivity contribution < 1.29 is 9.53 Å². The summed E-state index contributed by atoms with van der Waals surface area (Å²) in [5.74, 6) is 1.69. The van der Waals surface area contributed by atoms with Gasteiger partial charge < -0.3 is 10.1 Å². The van der Waals surface area contributed by atoms with Gasteiger partial charge in [0.05, 0.1) is 12.0 Å². The quantitative estimate of drug-likeness (QED) is 0.928. The fourth-order valence-electron chi connectivity index (χ4n) is 4.44. The van der Waals surface area contributed by atoms with Crippen LogP contribution in [0.3, 0.4) is 0 Å². The molecule has 2 aliphatic carbocycles. The first kappa shape index (κ1) is 13.3. The summed E-state index contributed by atoms with van der Waals surface area (Å²) in [5.41, 5.74) is 1.02. The molecule has 0 radical (unpaired) electrons. The zero-order chi connectivity index (χ0) is 14.2. The predicted molar refractivity (Wildman–Crippen MR) is 78.4 cm³/mol. The molecule has 0 spiro atoms. The van der Waals surface area contributed by atoms with Crippen molar-refractivity contribution in [3.05, 3.63) is 30.1 Å². The normalized spacial score (nSPS) is 37.8. The minimum atomic E-state index is -0.128. The monoisotopic (exact) mass is 286 g/mol. The first-order valence-electron chi connectivity index (χ1n) is 8.13. The molecule has 3 unspecified atom stereocenters. The topological polar surface area (TPSA) is 51.2 Å². The van der Waals surface area contributed by atoms with Crippen LogP contribution in [-0.4, -0.2) is 23.5 Å². The Morgan fingerprint density at radius 1 is 1.29 bits per heavy atom. The Kier molecular flexibility index (Phi) is 3.42. The maximum Gasteiger partial charge on any atom is 0.226 e. The average molecular weight is 286 g/mol. The lowest BCUT2D eigenvalue weighted by molar-refractivity contribution is -0.127. The largest absolute Gasteiger partial charge is 0.373 e. The lowest BCUT2D eigenvalue weighted by atomic mass is 9.92. The Labute approximate surface area is 125 Å². The van der Waals surface area contributed by atoms with Gasteiger partial charge in [-0.05, 0) is 49.1 Å². The second-order valence-electron chi connectivity index (χ2n) is 6.76. The summed E-state index contributed by atoms with van der Waals surface area (Å²) in [6, 6.07) is 4.31. The fourth-order valence-corrected chi connectivity index (χ4v) is 4.44. The summed E-state index contributed by atoms with van der Waals surface area (Å²) in [4.78, 5) is 16.8. The molecule has 1 aliphatic heterocycles. The molecule has 2 heterocycles. The van der Waals surface area contributed by atoms with E-state index in [0.717, 1.165) is 23.8 Å². The molecule has 5 atom stereocenters. The molecular formula is C17H22N2O2. The van der Waals surface area contributed by atoms with Gasteiger partial charge in [0.1, 0.15) is 0 Å². The van der Waals surface area contributed by atoms with E-state index in [1.54, 1.807) is 6.20 Å². The van der Waals surface area contributed by atoms with Gasteiger partial charge in [0.25, 0.3) is 0 Å². The van der Waals surface area contributed by atoms with Gasteiger partial charge in [0.15, 0.2) is 0 Å². The smallest absolute Gasteiger partial charge is 0.226 e. The number of fused-ring (bicyclic) bond motifs is 2. The van der Waals surface area contributed by atoms with E-state index in [9.17, 15) is 4.79 Å². The number of hydrogen-bond acceptors (Lipinski definition) is 3. The van der Waals surface area contributed by atoms with Crippen LogP contribution in [0.4, 0.5) is 0 Å². The lowest BCUT2D eigenvalue weighted by Gasteiger charge is -2.26. The Hall–Kier alpha value is -1.42. The van der Waals surface area contributed by atoms with Crippen LogP contribution in [0.5, 0.6) is 0 Å². The molecule has 1 saturated heterocycles. The molecule has 0 aromatic carbocycles. The second kappa shape index (κ2) is 5.41. The number of rotatable bonds is 3. The molecule has 3 aliphatic rings. The number of ether oxygens (including phenoxy) is 1. The number of carbonyl (C=O) groups is 1. The zero-order valence-corrected chi connectivity index (χ0v) is 12.2. The molecule has 1 aromatic rings. The van der Waals surface area contributed by atoms with Crippen molar-refractivity contribution in [2.75, 3.05) is 6.61 Å². The SMILES string of the molecule is O=C(NC1CC2CCC1C2)[C@H]1CCO[C@@H]1c1cccnc1. The van der Waals surface area contributed by atoms with Gasteiger partial charge in [0.2, 0.25) is 5.91 Å². The third-order valence-electron chi connectivity index (χ3n) is 5.51. The molecule has 2 bridgehead atoms. The van der Waals surface area contributed by atoms with E-state index in [0.29, 0.717) is 12.6 Å². The summed E-state index contributed by atoms with van der Waals surface area (Å²) >= 11 is 0. The maximum absolute atomic E-state index is 12.6. The van der Waals surface area contributed by atoms with Crippen LogP contribution in [0.2, 0.25) is 0 Å². The van der Waals surface area contributed by atoms with Crippen molar-refractivity contribution in [3.8, 4) is 0 Å². The van der Waals surface area contributed by atoms with Crippen LogP contribution in [-0.2, 0) is 9.53 Å². The molecule has 4 heteroatoms. The predicted octanol–water partition coefficient (Wildman–Crippen LogP) is 2.46. The molecule has 1 aromatic heterocycles. The van der Waals surface area contributed by atoms with Crippen LogP contribution in [0, 0.1) is 17.8 Å². The van der Waals surface area contributed by atoms with Crippen molar-refractivity contribution in [2.24, 2.45) is 17.8 Å². The average Bonchev–Trinajstić information content (AvgIpc) is 3.24. The number of aromatic nitrogens is 1. The zero-order valence-electron chi connectivity index (χ0n) is 12.2. The van der Waals surface area contributed by atoms with E-state index in [1.807, 2.05) is 18.3 Å². The molecule has 2 saturated carbocycles. The summed E-state index contributed by atoms with van der Waals surface area (Å²) in [6.07, 6.45) is 9.41. The molecule has 1 N–H and O–H groups in total. The number of nitrogens with zero attached hydrogens (tertiary/aromatic N) is 1. The minimum Gasteiger partial charge on any atom is -0.373 e. The third kappa shape index (κ3) is 2.46. The first-order valence-corrected chi connectivity index (χ1v) is 8.13. The third-order valence-corrected chi connectivity index (χ3v) is 5.51. The number of hydrogen-bond donors (Lipinski definition) is 1. The fraction of sp³-hybridized carbons (Fsp3) is 0.647. The van der Waals surface area contributed by atoms with Gasteiger partial charge in [-0.1, -0.05) is 12.5 Å². The van der Waals surface area contributed by atoms with E-state index in [4.69, 9.17) is 4.74 Å². The van der Waals surface area contributed by atoms with Gasteiger partial charge in [-0.25, -0.2) is 0 Å². The molecule has 4 nitrogen and oxygen atoms in total. The van der Waals surface area contributed by atoms with Crippen LogP contribution in [0.15, 0.2) is 24.5 Å². The van der Waals surface area contributed by atoms with E-state index in [-0.39, 0.29) is 17.9 Å². The van der Waals surface area contributed by atoms with Gasteiger partial charge >= 0.3 is 0 Å². The molecule has 21 heavy (non-hydrogen) atoms. The Morgan fingerprint density at radius 3 is 2.95 bits per heavy atom. The highest BCUT2D eigenvalue weighted by Crippen LogP contribution is 2.45. The maximum atomic E-state index is 12.6. The molecule has 4 rings (SSSR count). The van der Waals surface area contributed by atoms with Gasteiger partial charge in [0, 0.05) is 25.0 Å². The highest BCUT2D eigenvalue weighted by Gasteiger charge is 2.42. The molecule has 1 amide bonds. The lowest BCUT2D eigenvalue weighted by Crippen LogP contribution is -2.42. The van der Waals surface area contributed by atoms with E-state index < -0.39 is 0 Å². The van der Waals surface area contributed by atoms with Crippen molar-refractivity contribution in [1.29, 1.82) is 0 Å². The van der Waals surface area contributed by atoms with Crippen molar-refractivity contribution in [1.82, 2.24) is 10.3 Å². The molecule has 3 fully saturated rings. The van der Waals surface area contributed by atoms with E-state index >= 15 is 0 Å².